The molecule has 1 aromatic carbocycles. The lowest BCUT2D eigenvalue weighted by Crippen LogP contribution is -2.53. The van der Waals surface area contributed by atoms with E-state index in [0.717, 1.165) is 30.5 Å². The summed E-state index contributed by atoms with van der Waals surface area (Å²) in [6, 6.07) is 5.32. The minimum absolute atomic E-state index is 0.00343. The van der Waals surface area contributed by atoms with Crippen LogP contribution < -0.4 is 5.32 Å². The molecule has 0 radical (unpaired) electrons. The highest BCUT2D eigenvalue weighted by Gasteiger charge is 2.37. The van der Waals surface area contributed by atoms with Gasteiger partial charge in [-0.1, -0.05) is 11.6 Å². The fraction of sp³-hybridized carbons (Fsp3) is 0.579. The molecule has 0 bridgehead atoms. The van der Waals surface area contributed by atoms with Gasteiger partial charge in [0.15, 0.2) is 5.78 Å². The molecule has 1 aromatic rings. The largest absolute Gasteiger partial charge is 0.444 e. The van der Waals surface area contributed by atoms with Gasteiger partial charge < -0.3 is 10.1 Å². The van der Waals surface area contributed by atoms with Crippen molar-refractivity contribution in [2.24, 2.45) is 0 Å². The maximum Gasteiger partial charge on any atom is 0.407 e. The Morgan fingerprint density at radius 3 is 2.84 bits per heavy atom. The van der Waals surface area contributed by atoms with Gasteiger partial charge in [-0.15, -0.1) is 0 Å². The predicted octanol–water partition coefficient (Wildman–Crippen LogP) is 3.44. The Kier molecular flexibility index (Phi) is 5.07. The van der Waals surface area contributed by atoms with E-state index in [9.17, 15) is 9.59 Å². The van der Waals surface area contributed by atoms with E-state index in [1.165, 1.54) is 0 Å². The highest BCUT2D eigenvalue weighted by atomic mass is 35.5. The van der Waals surface area contributed by atoms with E-state index < -0.39 is 11.7 Å². The minimum atomic E-state index is -0.513. The quantitative estimate of drug-likeness (QED) is 0.873. The molecular weight excluding hydrogens is 340 g/mol. The van der Waals surface area contributed by atoms with E-state index in [-0.39, 0.29) is 17.9 Å². The molecule has 1 fully saturated rings. The van der Waals surface area contributed by atoms with E-state index in [2.05, 4.69) is 10.2 Å². The summed E-state index contributed by atoms with van der Waals surface area (Å²) in [5.74, 6) is 0.157. The molecule has 0 aromatic heterocycles. The van der Waals surface area contributed by atoms with Crippen molar-refractivity contribution in [3.8, 4) is 0 Å². The van der Waals surface area contributed by atoms with Crippen LogP contribution in [-0.2, 0) is 11.2 Å². The molecule has 2 atom stereocenters. The number of alkyl carbamates (subject to hydrolysis) is 1. The summed E-state index contributed by atoms with van der Waals surface area (Å²) in [7, 11) is 0. The molecule has 0 saturated carbocycles. The first kappa shape index (κ1) is 18.2. The zero-order chi connectivity index (χ0) is 18.2. The molecule has 1 N–H and O–H groups in total. The van der Waals surface area contributed by atoms with Gasteiger partial charge in [-0.05, 0) is 70.3 Å². The van der Waals surface area contributed by atoms with Gasteiger partial charge in [0.25, 0.3) is 0 Å². The van der Waals surface area contributed by atoms with Crippen LogP contribution in [0.3, 0.4) is 0 Å². The summed E-state index contributed by atoms with van der Waals surface area (Å²) in [6.45, 7) is 7.07. The number of hydrogen-bond acceptors (Lipinski definition) is 4. The van der Waals surface area contributed by atoms with Crippen LogP contribution in [0.5, 0.6) is 0 Å². The van der Waals surface area contributed by atoms with Crippen LogP contribution in [0, 0.1) is 0 Å². The van der Waals surface area contributed by atoms with Crippen molar-refractivity contribution < 1.29 is 14.3 Å². The van der Waals surface area contributed by atoms with Gasteiger partial charge in [0.2, 0.25) is 0 Å². The van der Waals surface area contributed by atoms with Crippen molar-refractivity contribution in [1.29, 1.82) is 0 Å². The molecule has 1 saturated heterocycles. The molecule has 1 heterocycles. The van der Waals surface area contributed by atoms with Gasteiger partial charge in [-0.2, -0.15) is 0 Å². The number of hydrogen-bond donors (Lipinski definition) is 1. The summed E-state index contributed by atoms with van der Waals surface area (Å²) >= 11 is 6.05. The van der Waals surface area contributed by atoms with Gasteiger partial charge >= 0.3 is 6.09 Å². The number of rotatable bonds is 2. The van der Waals surface area contributed by atoms with E-state index >= 15 is 0 Å². The van der Waals surface area contributed by atoms with E-state index in [1.54, 1.807) is 6.07 Å². The maximum atomic E-state index is 12.7. The van der Waals surface area contributed by atoms with Crippen LogP contribution in [0.2, 0.25) is 5.02 Å². The van der Waals surface area contributed by atoms with Crippen LogP contribution in [0.4, 0.5) is 4.79 Å². The number of ketones is 1. The molecule has 0 spiro atoms. The van der Waals surface area contributed by atoms with Gasteiger partial charge in [-0.25, -0.2) is 4.79 Å². The first-order valence-electron chi connectivity index (χ1n) is 8.79. The van der Waals surface area contributed by atoms with Crippen molar-refractivity contribution in [1.82, 2.24) is 10.2 Å². The third kappa shape index (κ3) is 4.33. The average Bonchev–Trinajstić information content (AvgIpc) is 2.82. The van der Waals surface area contributed by atoms with Gasteiger partial charge in [0, 0.05) is 23.2 Å². The fourth-order valence-corrected chi connectivity index (χ4v) is 3.82. The smallest absolute Gasteiger partial charge is 0.407 e. The number of carbonyl (C=O) groups excluding carboxylic acids is 2. The molecular formula is C19H25ClN2O3. The SMILES string of the molecule is CC(C)(C)OC(=O)NC1CCCN(C2Cc3cc(Cl)ccc3C2=O)C1. The number of likely N-dealkylation sites (tertiary alicyclic amines) is 1. The first-order chi connectivity index (χ1) is 11.7. The number of ether oxygens (including phenoxy) is 1. The Hall–Kier alpha value is -1.59. The number of carbonyl (C=O) groups is 2. The van der Waals surface area contributed by atoms with E-state index in [0.29, 0.717) is 18.0 Å². The monoisotopic (exact) mass is 364 g/mol. The molecule has 136 valence electrons. The Labute approximate surface area is 153 Å². The average molecular weight is 365 g/mol. The summed E-state index contributed by atoms with van der Waals surface area (Å²) in [5.41, 5.74) is 1.28. The molecule has 2 unspecified atom stereocenters. The molecule has 1 aliphatic carbocycles. The normalized spacial score (nSPS) is 24.1. The molecule has 1 aliphatic heterocycles. The summed E-state index contributed by atoms with van der Waals surface area (Å²) in [6.07, 6.45) is 2.14. The standard InChI is InChI=1S/C19H25ClN2O3/c1-19(2,3)25-18(24)21-14-5-4-8-22(11-14)16-10-12-9-13(20)6-7-15(12)17(16)23/h6-7,9,14,16H,4-5,8,10-11H2,1-3H3,(H,21,24). The van der Waals surface area contributed by atoms with Crippen molar-refractivity contribution in [3.63, 3.8) is 0 Å². The zero-order valence-corrected chi connectivity index (χ0v) is 15.7. The van der Waals surface area contributed by atoms with Crippen molar-refractivity contribution in [2.45, 2.75) is 57.7 Å². The minimum Gasteiger partial charge on any atom is -0.444 e. The topological polar surface area (TPSA) is 58.6 Å². The van der Waals surface area contributed by atoms with Crippen LogP contribution in [0.15, 0.2) is 18.2 Å². The number of piperidine rings is 1. The number of benzene rings is 1. The lowest BCUT2D eigenvalue weighted by atomic mass is 10.0. The van der Waals surface area contributed by atoms with Crippen molar-refractivity contribution in [2.75, 3.05) is 13.1 Å². The number of Topliss-reactive ketones (excluding diaryl/α,β-unsaturated/α-hetero) is 1. The number of nitrogens with one attached hydrogen (secondary N) is 1. The number of fused-ring (bicyclic) bond motifs is 1. The molecule has 2 aliphatic rings. The molecule has 1 amide bonds. The van der Waals surface area contributed by atoms with E-state index in [4.69, 9.17) is 16.3 Å². The predicted molar refractivity (Wildman–Crippen MR) is 97.2 cm³/mol. The first-order valence-corrected chi connectivity index (χ1v) is 9.17. The zero-order valence-electron chi connectivity index (χ0n) is 15.0. The summed E-state index contributed by atoms with van der Waals surface area (Å²) in [4.78, 5) is 26.9. The Bertz CT molecular complexity index is 684. The second kappa shape index (κ2) is 6.96. The van der Waals surface area contributed by atoms with Gasteiger partial charge in [0.1, 0.15) is 5.60 Å². The van der Waals surface area contributed by atoms with E-state index in [1.807, 2.05) is 32.9 Å². The second-order valence-electron chi connectivity index (χ2n) is 7.87. The second-order valence-corrected chi connectivity index (χ2v) is 8.30. The van der Waals surface area contributed by atoms with Crippen LogP contribution >= 0.6 is 11.6 Å². The maximum absolute atomic E-state index is 12.7. The Balaban J connectivity index is 1.63. The van der Waals surface area contributed by atoms with Crippen molar-refractivity contribution in [3.05, 3.63) is 34.3 Å². The lowest BCUT2D eigenvalue weighted by molar-refractivity contribution is 0.0455. The Morgan fingerprint density at radius 1 is 1.36 bits per heavy atom. The summed E-state index contributed by atoms with van der Waals surface area (Å²) < 4.78 is 5.34. The highest BCUT2D eigenvalue weighted by molar-refractivity contribution is 6.30. The number of halogens is 1. The third-order valence-electron chi connectivity index (χ3n) is 4.66. The fourth-order valence-electron chi connectivity index (χ4n) is 3.63. The van der Waals surface area contributed by atoms with Crippen LogP contribution in [0.25, 0.3) is 0 Å². The van der Waals surface area contributed by atoms with Gasteiger partial charge in [-0.3, -0.25) is 9.69 Å². The molecule has 25 heavy (non-hydrogen) atoms. The third-order valence-corrected chi connectivity index (χ3v) is 4.90. The molecule has 3 rings (SSSR count). The van der Waals surface area contributed by atoms with Gasteiger partial charge in [0.05, 0.1) is 6.04 Å². The van der Waals surface area contributed by atoms with Crippen LogP contribution in [0.1, 0.15) is 49.5 Å². The molecule has 5 nitrogen and oxygen atoms in total. The summed E-state index contributed by atoms with van der Waals surface area (Å²) in [5, 5.41) is 3.60. The number of amides is 1. The van der Waals surface area contributed by atoms with Crippen LogP contribution in [-0.4, -0.2) is 47.6 Å². The number of nitrogens with zero attached hydrogens (tertiary/aromatic N) is 1. The highest BCUT2D eigenvalue weighted by Crippen LogP contribution is 2.29. The molecule has 6 heteroatoms. The Morgan fingerprint density at radius 2 is 2.12 bits per heavy atom. The lowest BCUT2D eigenvalue weighted by Gasteiger charge is -2.36. The van der Waals surface area contributed by atoms with Crippen molar-refractivity contribution >= 4 is 23.5 Å².